The monoisotopic (exact) mass is 523 g/mol. The second kappa shape index (κ2) is 12.7. The van der Waals surface area contributed by atoms with Gasteiger partial charge in [0.15, 0.2) is 0 Å². The Morgan fingerprint density at radius 1 is 1.00 bits per heavy atom. The van der Waals surface area contributed by atoms with Crippen molar-refractivity contribution < 1.29 is 0 Å². The van der Waals surface area contributed by atoms with Gasteiger partial charge in [0.1, 0.15) is 0 Å². The Balaban J connectivity index is 1.32. The van der Waals surface area contributed by atoms with Crippen LogP contribution >= 0.6 is 0 Å². The third kappa shape index (κ3) is 6.56. The summed E-state index contributed by atoms with van der Waals surface area (Å²) < 4.78 is 0. The summed E-state index contributed by atoms with van der Waals surface area (Å²) in [7, 11) is 0. The molecule has 39 heavy (non-hydrogen) atoms. The quantitative estimate of drug-likeness (QED) is 0.327. The van der Waals surface area contributed by atoms with Crippen LogP contribution in [0, 0.1) is 24.7 Å². The van der Waals surface area contributed by atoms with Gasteiger partial charge in [0.05, 0.1) is 5.70 Å². The number of hydrogen-bond acceptors (Lipinski definition) is 3. The van der Waals surface area contributed by atoms with Crippen LogP contribution in [0.1, 0.15) is 113 Å². The van der Waals surface area contributed by atoms with Gasteiger partial charge in [-0.1, -0.05) is 70.9 Å². The highest BCUT2D eigenvalue weighted by atomic mass is 15.1. The van der Waals surface area contributed by atoms with Crippen LogP contribution < -0.4 is 4.90 Å². The molecule has 0 amide bonds. The lowest BCUT2D eigenvalue weighted by molar-refractivity contribution is 0.320. The predicted octanol–water partition coefficient (Wildman–Crippen LogP) is 9.67. The van der Waals surface area contributed by atoms with Crippen LogP contribution in [0.3, 0.4) is 0 Å². The van der Waals surface area contributed by atoms with Crippen molar-refractivity contribution in [1.29, 1.82) is 0 Å². The van der Waals surface area contributed by atoms with Crippen LogP contribution in [0.25, 0.3) is 5.70 Å². The minimum atomic E-state index is 0.503. The van der Waals surface area contributed by atoms with Crippen LogP contribution in [0.5, 0.6) is 0 Å². The van der Waals surface area contributed by atoms with E-state index >= 15 is 0 Å². The second-order valence-corrected chi connectivity index (χ2v) is 12.6. The van der Waals surface area contributed by atoms with E-state index in [1.54, 1.807) is 0 Å². The topological polar surface area (TPSA) is 28.5 Å². The van der Waals surface area contributed by atoms with Crippen LogP contribution in [-0.4, -0.2) is 17.2 Å². The predicted molar refractivity (Wildman–Crippen MR) is 167 cm³/mol. The van der Waals surface area contributed by atoms with E-state index < -0.39 is 0 Å². The Bertz CT molecular complexity index is 1210. The first kappa shape index (κ1) is 27.9. The largest absolute Gasteiger partial charge is 0.345 e. The third-order valence-electron chi connectivity index (χ3n) is 9.62. The summed E-state index contributed by atoms with van der Waals surface area (Å²) in [6.45, 7) is 14.7. The Morgan fingerprint density at radius 3 is 2.44 bits per heavy atom. The van der Waals surface area contributed by atoms with Crippen molar-refractivity contribution in [2.24, 2.45) is 22.7 Å². The minimum Gasteiger partial charge on any atom is -0.345 e. The highest BCUT2D eigenvalue weighted by molar-refractivity contribution is 5.97. The van der Waals surface area contributed by atoms with E-state index in [2.05, 4.69) is 75.1 Å². The maximum atomic E-state index is 5.01. The molecule has 0 atom stereocenters. The number of benzene rings is 1. The molecule has 0 bridgehead atoms. The number of rotatable bonds is 9. The molecule has 5 rings (SSSR count). The van der Waals surface area contributed by atoms with Gasteiger partial charge in [0.25, 0.3) is 0 Å². The van der Waals surface area contributed by atoms with Crippen molar-refractivity contribution >= 4 is 17.1 Å². The lowest BCUT2D eigenvalue weighted by atomic mass is 9.79. The highest BCUT2D eigenvalue weighted by Crippen LogP contribution is 2.39. The summed E-state index contributed by atoms with van der Waals surface area (Å²) in [6.07, 6.45) is 16.0. The molecule has 2 aliphatic carbocycles. The van der Waals surface area contributed by atoms with Crippen molar-refractivity contribution in [3.8, 4) is 0 Å². The van der Waals surface area contributed by atoms with E-state index in [4.69, 9.17) is 16.6 Å². The number of anilines is 1. The Hall–Kier alpha value is -2.68. The molecule has 2 aromatic rings. The fraction of sp³-hybridized carbons (Fsp3) is 0.556. The van der Waals surface area contributed by atoms with E-state index in [-0.39, 0.29) is 0 Å². The van der Waals surface area contributed by atoms with E-state index in [0.717, 1.165) is 25.1 Å². The molecule has 208 valence electrons. The van der Waals surface area contributed by atoms with Gasteiger partial charge in [-0.2, -0.15) is 0 Å². The van der Waals surface area contributed by atoms with Crippen LogP contribution in [0.4, 0.5) is 5.69 Å². The van der Waals surface area contributed by atoms with Crippen molar-refractivity contribution in [2.45, 2.75) is 104 Å². The van der Waals surface area contributed by atoms with E-state index in [1.165, 1.54) is 97.4 Å². The summed E-state index contributed by atoms with van der Waals surface area (Å²) in [4.78, 5) is 12.6. The number of hydrogen-bond donors (Lipinski definition) is 0. The standard InChI is InChI=1S/C36H49N3/c1-6-29-19-20-35(37-26(29)4)31-17-15-28(16-18-31)24-39(27(5)30-11-8-7-9-12-30)33-14-10-13-32(23-33)36-22-21-34(38-36)25(2)3/h10,13-14,19-20,22-23,25,28,30-31H,5-9,11-12,15-18,21,24H2,1-4H3. The van der Waals surface area contributed by atoms with Gasteiger partial charge in [-0.3, -0.25) is 9.98 Å². The number of aliphatic imine (C=N–C) groups is 1. The Kier molecular flexibility index (Phi) is 9.05. The third-order valence-corrected chi connectivity index (χ3v) is 9.62. The zero-order valence-corrected chi connectivity index (χ0v) is 24.9. The average Bonchev–Trinajstić information content (AvgIpc) is 3.48. The van der Waals surface area contributed by atoms with Gasteiger partial charge >= 0.3 is 0 Å². The first-order chi connectivity index (χ1) is 18.9. The molecule has 0 spiro atoms. The minimum absolute atomic E-state index is 0.503. The van der Waals surface area contributed by atoms with Crippen molar-refractivity contribution in [2.75, 3.05) is 11.4 Å². The molecular weight excluding hydrogens is 474 g/mol. The summed E-state index contributed by atoms with van der Waals surface area (Å²) in [5, 5.41) is 0. The Labute approximate surface area is 237 Å². The number of allylic oxidation sites excluding steroid dienone is 2. The molecule has 1 aromatic heterocycles. The van der Waals surface area contributed by atoms with E-state index in [0.29, 0.717) is 23.7 Å². The Morgan fingerprint density at radius 2 is 1.77 bits per heavy atom. The van der Waals surface area contributed by atoms with E-state index in [9.17, 15) is 0 Å². The number of aryl methyl sites for hydroxylation is 2. The SMILES string of the molecule is C=C(C1CCCCC1)N(CC1CCC(c2ccc(CC)c(C)n2)CC1)c1cccc(C2=CCC(C(C)C)=N2)c1. The number of pyridine rings is 1. The molecule has 2 saturated carbocycles. The fourth-order valence-electron chi connectivity index (χ4n) is 6.98. The molecule has 1 aromatic carbocycles. The van der Waals surface area contributed by atoms with E-state index in [1.807, 2.05) is 0 Å². The van der Waals surface area contributed by atoms with Crippen molar-refractivity contribution in [3.63, 3.8) is 0 Å². The molecule has 2 heterocycles. The molecule has 3 nitrogen and oxygen atoms in total. The van der Waals surface area contributed by atoms with Crippen molar-refractivity contribution in [1.82, 2.24) is 4.98 Å². The van der Waals surface area contributed by atoms with Crippen LogP contribution in [0.2, 0.25) is 0 Å². The summed E-state index contributed by atoms with van der Waals surface area (Å²) in [5.74, 6) is 2.41. The smallest absolute Gasteiger partial charge is 0.0666 e. The van der Waals surface area contributed by atoms with Crippen molar-refractivity contribution in [3.05, 3.63) is 77.3 Å². The first-order valence-corrected chi connectivity index (χ1v) is 15.7. The molecule has 0 unspecified atom stereocenters. The lowest BCUT2D eigenvalue weighted by Gasteiger charge is -2.38. The molecule has 1 aliphatic heterocycles. The molecule has 0 N–H and O–H groups in total. The van der Waals surface area contributed by atoms with Crippen LogP contribution in [0.15, 0.2) is 59.7 Å². The normalized spacial score (nSPS) is 22.1. The molecule has 0 saturated heterocycles. The van der Waals surface area contributed by atoms with Gasteiger partial charge in [-0.05, 0) is 93.4 Å². The molecule has 2 fully saturated rings. The zero-order valence-electron chi connectivity index (χ0n) is 24.9. The number of nitrogens with zero attached hydrogens (tertiary/aromatic N) is 3. The fourth-order valence-corrected chi connectivity index (χ4v) is 6.98. The van der Waals surface area contributed by atoms with Gasteiger partial charge in [-0.25, -0.2) is 0 Å². The molecule has 0 radical (unpaired) electrons. The molecular formula is C36H49N3. The highest BCUT2D eigenvalue weighted by Gasteiger charge is 2.28. The molecule has 3 aliphatic rings. The van der Waals surface area contributed by atoms with Gasteiger partial charge in [0.2, 0.25) is 0 Å². The average molecular weight is 524 g/mol. The summed E-state index contributed by atoms with van der Waals surface area (Å²) in [5.41, 5.74) is 10.2. The second-order valence-electron chi connectivity index (χ2n) is 12.6. The zero-order chi connectivity index (χ0) is 27.4. The maximum Gasteiger partial charge on any atom is 0.0666 e. The first-order valence-electron chi connectivity index (χ1n) is 15.7. The van der Waals surface area contributed by atoms with Gasteiger partial charge < -0.3 is 4.90 Å². The van der Waals surface area contributed by atoms with Crippen LogP contribution in [-0.2, 0) is 6.42 Å². The number of aromatic nitrogens is 1. The lowest BCUT2D eigenvalue weighted by Crippen LogP contribution is -2.34. The van der Waals surface area contributed by atoms with Gasteiger partial charge in [-0.15, -0.1) is 0 Å². The summed E-state index contributed by atoms with van der Waals surface area (Å²) >= 11 is 0. The summed E-state index contributed by atoms with van der Waals surface area (Å²) in [6, 6.07) is 13.7. The molecule has 3 heteroatoms. The maximum absolute atomic E-state index is 5.01. The van der Waals surface area contributed by atoms with Gasteiger partial charge in [0, 0.05) is 52.9 Å².